The highest BCUT2D eigenvalue weighted by Gasteiger charge is 2.36. The van der Waals surface area contributed by atoms with Crippen LogP contribution in [0.5, 0.6) is 0 Å². The van der Waals surface area contributed by atoms with Gasteiger partial charge >= 0.3 is 6.18 Å². The Balaban J connectivity index is 0.00000338. The second-order valence-electron chi connectivity index (χ2n) is 6.44. The summed E-state index contributed by atoms with van der Waals surface area (Å²) >= 11 is 1.95. The van der Waals surface area contributed by atoms with Crippen LogP contribution in [0.25, 0.3) is 0 Å². The molecule has 1 aliphatic heterocycles. The Bertz CT molecular complexity index is 603. The third-order valence-electron chi connectivity index (χ3n) is 4.04. The first kappa shape index (κ1) is 23.4. The van der Waals surface area contributed by atoms with Crippen LogP contribution in [0.2, 0.25) is 0 Å². The zero-order valence-corrected chi connectivity index (χ0v) is 18.7. The average Bonchev–Trinajstić information content (AvgIpc) is 2.92. The summed E-state index contributed by atoms with van der Waals surface area (Å²) in [6.07, 6.45) is -3.08. The third kappa shape index (κ3) is 6.21. The second-order valence-corrected chi connectivity index (χ2v) is 7.79. The fourth-order valence-electron chi connectivity index (χ4n) is 2.75. The van der Waals surface area contributed by atoms with Crippen molar-refractivity contribution in [3.8, 4) is 0 Å². The molecule has 1 aromatic heterocycles. The number of aryl methyl sites for hydroxylation is 1. The Kier molecular flexibility index (Phi) is 9.04. The number of hydrogen-bond donors (Lipinski definition) is 1. The van der Waals surface area contributed by atoms with Gasteiger partial charge in [-0.2, -0.15) is 30.0 Å². The van der Waals surface area contributed by atoms with Crippen LogP contribution in [0.15, 0.2) is 11.2 Å². The molecule has 1 fully saturated rings. The summed E-state index contributed by atoms with van der Waals surface area (Å²) in [7, 11) is 1.49. The molecular weight excluding hydrogens is 478 g/mol. The van der Waals surface area contributed by atoms with Crippen molar-refractivity contribution in [2.75, 3.05) is 25.4 Å². The van der Waals surface area contributed by atoms with Crippen LogP contribution >= 0.6 is 35.7 Å². The zero-order valence-electron chi connectivity index (χ0n) is 15.5. The van der Waals surface area contributed by atoms with Gasteiger partial charge in [0, 0.05) is 49.4 Å². The smallest absolute Gasteiger partial charge is 0.357 e. The van der Waals surface area contributed by atoms with E-state index in [1.165, 1.54) is 17.9 Å². The first-order valence-corrected chi connectivity index (χ1v) is 9.51. The van der Waals surface area contributed by atoms with Gasteiger partial charge in [-0.3, -0.25) is 4.68 Å². The lowest BCUT2D eigenvalue weighted by atomic mass is 10.1. The summed E-state index contributed by atoms with van der Waals surface area (Å²) in [6, 6.07) is 0. The quantitative estimate of drug-likeness (QED) is 0.386. The molecule has 10 heteroatoms. The summed E-state index contributed by atoms with van der Waals surface area (Å²) < 4.78 is 40.4. The molecule has 0 radical (unpaired) electrons. The van der Waals surface area contributed by atoms with Gasteiger partial charge in [0.1, 0.15) is 0 Å². The lowest BCUT2D eigenvalue weighted by Gasteiger charge is -2.36. The van der Waals surface area contributed by atoms with Crippen molar-refractivity contribution in [2.24, 2.45) is 18.0 Å². The lowest BCUT2D eigenvalue weighted by molar-refractivity contribution is -0.142. The van der Waals surface area contributed by atoms with Crippen LogP contribution in [-0.2, 0) is 19.8 Å². The maximum absolute atomic E-state index is 13.1. The van der Waals surface area contributed by atoms with Gasteiger partial charge < -0.3 is 10.2 Å². The summed E-state index contributed by atoms with van der Waals surface area (Å²) in [5.41, 5.74) is -0.763. The Hall–Kier alpha value is -0.650. The molecule has 0 spiro atoms. The molecule has 1 unspecified atom stereocenters. The van der Waals surface area contributed by atoms with Crippen LogP contribution in [-0.4, -0.2) is 51.3 Å². The Morgan fingerprint density at radius 2 is 2.15 bits per heavy atom. The van der Waals surface area contributed by atoms with E-state index in [4.69, 9.17) is 0 Å². The molecule has 150 valence electrons. The van der Waals surface area contributed by atoms with Crippen molar-refractivity contribution in [3.63, 3.8) is 0 Å². The van der Waals surface area contributed by atoms with E-state index in [-0.39, 0.29) is 36.1 Å². The number of nitrogens with zero attached hydrogens (tertiary/aromatic N) is 4. The topological polar surface area (TPSA) is 45.5 Å². The number of hydrogen-bond acceptors (Lipinski definition) is 3. The first-order chi connectivity index (χ1) is 11.7. The van der Waals surface area contributed by atoms with Crippen LogP contribution in [0.1, 0.15) is 32.0 Å². The zero-order chi connectivity index (χ0) is 18.6. The predicted molar refractivity (Wildman–Crippen MR) is 111 cm³/mol. The minimum Gasteiger partial charge on any atom is -0.357 e. The minimum atomic E-state index is -4.46. The fraction of sp³-hybridized carbons (Fsp3) is 0.750. The SMILES string of the molecule is CCNC(=NCc1cn(C)nc1C(F)(F)F)N1CCSC(C(C)C)C1.I. The van der Waals surface area contributed by atoms with Crippen molar-refractivity contribution >= 4 is 41.7 Å². The van der Waals surface area contributed by atoms with Crippen molar-refractivity contribution in [1.29, 1.82) is 0 Å². The van der Waals surface area contributed by atoms with Crippen LogP contribution in [0.3, 0.4) is 0 Å². The predicted octanol–water partition coefficient (Wildman–Crippen LogP) is 3.60. The van der Waals surface area contributed by atoms with Crippen molar-refractivity contribution in [1.82, 2.24) is 20.0 Å². The number of alkyl halides is 3. The molecule has 1 atom stereocenters. The standard InChI is InChI=1S/C16H26F3N5S.HI/c1-5-20-15(24-6-7-25-13(10-24)11(2)3)21-8-12-9-23(4)22-14(12)16(17,18)19;/h9,11,13H,5-8,10H2,1-4H3,(H,20,21);1H. The molecule has 2 heterocycles. The van der Waals surface area contributed by atoms with Gasteiger partial charge in [0.05, 0.1) is 6.54 Å². The highest BCUT2D eigenvalue weighted by molar-refractivity contribution is 14.0. The van der Waals surface area contributed by atoms with Gasteiger partial charge in [-0.05, 0) is 12.8 Å². The number of aromatic nitrogens is 2. The van der Waals surface area contributed by atoms with E-state index in [0.29, 0.717) is 23.7 Å². The molecular formula is C16H27F3IN5S. The maximum Gasteiger partial charge on any atom is 0.435 e. The Labute approximate surface area is 174 Å². The van der Waals surface area contributed by atoms with Gasteiger partial charge in [-0.25, -0.2) is 4.99 Å². The van der Waals surface area contributed by atoms with E-state index in [0.717, 1.165) is 18.8 Å². The first-order valence-electron chi connectivity index (χ1n) is 8.47. The van der Waals surface area contributed by atoms with Gasteiger partial charge in [0.2, 0.25) is 0 Å². The van der Waals surface area contributed by atoms with E-state index < -0.39 is 11.9 Å². The van der Waals surface area contributed by atoms with E-state index in [1.54, 1.807) is 0 Å². The van der Waals surface area contributed by atoms with Gasteiger partial charge in [-0.15, -0.1) is 24.0 Å². The number of rotatable bonds is 4. The Morgan fingerprint density at radius 1 is 1.46 bits per heavy atom. The number of nitrogens with one attached hydrogen (secondary N) is 1. The lowest BCUT2D eigenvalue weighted by Crippen LogP contribution is -2.49. The second kappa shape index (κ2) is 10.0. The van der Waals surface area contributed by atoms with E-state index in [2.05, 4.69) is 34.2 Å². The van der Waals surface area contributed by atoms with Gasteiger partial charge in [-0.1, -0.05) is 13.8 Å². The molecule has 0 aliphatic carbocycles. The monoisotopic (exact) mass is 505 g/mol. The van der Waals surface area contributed by atoms with Crippen LogP contribution in [0.4, 0.5) is 13.2 Å². The highest BCUT2D eigenvalue weighted by Crippen LogP contribution is 2.31. The molecule has 2 rings (SSSR count). The van der Waals surface area contributed by atoms with E-state index >= 15 is 0 Å². The molecule has 1 saturated heterocycles. The van der Waals surface area contributed by atoms with E-state index in [9.17, 15) is 13.2 Å². The van der Waals surface area contributed by atoms with Gasteiger partial charge in [0.25, 0.3) is 0 Å². The number of aliphatic imine (C=N–C) groups is 1. The number of halogens is 4. The summed E-state index contributed by atoms with van der Waals surface area (Å²) in [4.78, 5) is 6.60. The van der Waals surface area contributed by atoms with E-state index in [1.807, 2.05) is 18.7 Å². The molecule has 26 heavy (non-hydrogen) atoms. The van der Waals surface area contributed by atoms with Crippen LogP contribution < -0.4 is 5.32 Å². The molecule has 1 aliphatic rings. The number of thioether (sulfide) groups is 1. The fourth-order valence-corrected chi connectivity index (χ4v) is 4.05. The number of guanidine groups is 1. The average molecular weight is 505 g/mol. The molecule has 0 saturated carbocycles. The van der Waals surface area contributed by atoms with Crippen LogP contribution in [0, 0.1) is 5.92 Å². The molecule has 0 amide bonds. The minimum absolute atomic E-state index is 0. The molecule has 0 aromatic carbocycles. The van der Waals surface area contributed by atoms with Crippen molar-refractivity contribution < 1.29 is 13.2 Å². The molecule has 0 bridgehead atoms. The highest BCUT2D eigenvalue weighted by atomic mass is 127. The molecule has 1 N–H and O–H groups in total. The maximum atomic E-state index is 13.1. The van der Waals surface area contributed by atoms with Gasteiger partial charge in [0.15, 0.2) is 11.7 Å². The Morgan fingerprint density at radius 3 is 2.73 bits per heavy atom. The summed E-state index contributed by atoms with van der Waals surface area (Å²) in [5.74, 6) is 2.21. The third-order valence-corrected chi connectivity index (χ3v) is 5.58. The van der Waals surface area contributed by atoms with Crippen molar-refractivity contribution in [3.05, 3.63) is 17.5 Å². The largest absolute Gasteiger partial charge is 0.435 e. The molecule has 5 nitrogen and oxygen atoms in total. The van der Waals surface area contributed by atoms with Crippen molar-refractivity contribution in [2.45, 2.75) is 38.7 Å². The normalized spacial score (nSPS) is 18.8. The summed E-state index contributed by atoms with van der Waals surface area (Å²) in [6.45, 7) is 8.67. The summed E-state index contributed by atoms with van der Waals surface area (Å²) in [5, 5.41) is 7.25. The molecule has 1 aromatic rings.